The third kappa shape index (κ3) is 4.18. The van der Waals surface area contributed by atoms with Gasteiger partial charge >= 0.3 is 5.97 Å². The highest BCUT2D eigenvalue weighted by atomic mass is 35.5. The molecule has 0 aliphatic heterocycles. The summed E-state index contributed by atoms with van der Waals surface area (Å²) < 4.78 is 0. The van der Waals surface area contributed by atoms with E-state index in [1.807, 2.05) is 19.1 Å². The van der Waals surface area contributed by atoms with Crippen LogP contribution in [0.4, 0.5) is 5.69 Å². The number of carbonyl (C=O) groups is 2. The van der Waals surface area contributed by atoms with Gasteiger partial charge in [0, 0.05) is 21.5 Å². The van der Waals surface area contributed by atoms with E-state index < -0.39 is 5.97 Å². The van der Waals surface area contributed by atoms with Gasteiger partial charge in [-0.1, -0.05) is 11.6 Å². The van der Waals surface area contributed by atoms with Crippen LogP contribution in [0.3, 0.4) is 0 Å². The summed E-state index contributed by atoms with van der Waals surface area (Å²) >= 11 is 7.43. The van der Waals surface area contributed by atoms with E-state index >= 15 is 0 Å². The van der Waals surface area contributed by atoms with Crippen LogP contribution in [0.2, 0.25) is 5.02 Å². The number of carboxylic acids is 1. The smallest absolute Gasteiger partial charge is 0.337 e. The van der Waals surface area contributed by atoms with Crippen molar-refractivity contribution >= 4 is 46.6 Å². The number of thiophene rings is 1. The summed E-state index contributed by atoms with van der Waals surface area (Å²) in [5.74, 6) is -1.41. The number of aryl methyl sites for hydroxylation is 1. The standard InChI is InChI=1S/C15H12ClNO3S/c1-9-2-4-11(21-9)5-7-14(18)17-10-3-6-12(15(19)20)13(16)8-10/h2-8H,1H3,(H,17,18)(H,19,20). The molecule has 1 heterocycles. The first-order valence-electron chi connectivity index (χ1n) is 6.04. The summed E-state index contributed by atoms with van der Waals surface area (Å²) in [7, 11) is 0. The molecule has 0 aliphatic carbocycles. The van der Waals surface area contributed by atoms with Crippen molar-refractivity contribution in [3.8, 4) is 0 Å². The van der Waals surface area contributed by atoms with Gasteiger partial charge in [0.1, 0.15) is 0 Å². The number of carbonyl (C=O) groups excluding carboxylic acids is 1. The number of benzene rings is 1. The fourth-order valence-electron chi connectivity index (χ4n) is 1.65. The quantitative estimate of drug-likeness (QED) is 0.834. The highest BCUT2D eigenvalue weighted by Gasteiger charge is 2.09. The summed E-state index contributed by atoms with van der Waals surface area (Å²) in [4.78, 5) is 24.8. The molecule has 0 atom stereocenters. The van der Waals surface area contributed by atoms with Crippen LogP contribution in [0.15, 0.2) is 36.4 Å². The second-order valence-electron chi connectivity index (χ2n) is 4.27. The number of halogens is 1. The van der Waals surface area contributed by atoms with Crippen LogP contribution in [0.25, 0.3) is 6.08 Å². The molecule has 0 bridgehead atoms. The topological polar surface area (TPSA) is 66.4 Å². The summed E-state index contributed by atoms with van der Waals surface area (Å²) in [6, 6.07) is 8.17. The van der Waals surface area contributed by atoms with E-state index in [1.54, 1.807) is 17.4 Å². The number of aromatic carboxylic acids is 1. The molecule has 2 aromatic rings. The van der Waals surface area contributed by atoms with Crippen LogP contribution in [-0.2, 0) is 4.79 Å². The minimum atomic E-state index is -1.11. The fraction of sp³-hybridized carbons (Fsp3) is 0.0667. The Hall–Kier alpha value is -2.11. The van der Waals surface area contributed by atoms with Gasteiger partial charge in [-0.05, 0) is 43.3 Å². The molecule has 1 aromatic carbocycles. The van der Waals surface area contributed by atoms with Crippen molar-refractivity contribution in [1.29, 1.82) is 0 Å². The first-order valence-corrected chi connectivity index (χ1v) is 7.23. The lowest BCUT2D eigenvalue weighted by Crippen LogP contribution is -2.08. The van der Waals surface area contributed by atoms with E-state index in [4.69, 9.17) is 16.7 Å². The average molecular weight is 322 g/mol. The summed E-state index contributed by atoms with van der Waals surface area (Å²) in [6.07, 6.45) is 3.14. The van der Waals surface area contributed by atoms with E-state index in [2.05, 4.69) is 5.32 Å². The van der Waals surface area contributed by atoms with E-state index in [-0.39, 0.29) is 16.5 Å². The monoisotopic (exact) mass is 321 g/mol. The van der Waals surface area contributed by atoms with Crippen LogP contribution >= 0.6 is 22.9 Å². The number of hydrogen-bond acceptors (Lipinski definition) is 3. The number of anilines is 1. The Morgan fingerprint density at radius 2 is 2.05 bits per heavy atom. The highest BCUT2D eigenvalue weighted by molar-refractivity contribution is 7.12. The summed E-state index contributed by atoms with van der Waals surface area (Å²) in [6.45, 7) is 1.99. The number of amides is 1. The molecule has 0 unspecified atom stereocenters. The average Bonchev–Trinajstić information content (AvgIpc) is 2.82. The number of nitrogens with one attached hydrogen (secondary N) is 1. The Balaban J connectivity index is 2.04. The Bertz CT molecular complexity index is 721. The van der Waals surface area contributed by atoms with E-state index in [1.165, 1.54) is 29.2 Å². The maximum atomic E-state index is 11.8. The van der Waals surface area contributed by atoms with Crippen molar-refractivity contribution in [3.63, 3.8) is 0 Å². The van der Waals surface area contributed by atoms with Gasteiger partial charge in [-0.25, -0.2) is 4.79 Å². The lowest BCUT2D eigenvalue weighted by atomic mass is 10.2. The minimum Gasteiger partial charge on any atom is -0.478 e. The van der Waals surface area contributed by atoms with Gasteiger partial charge in [0.2, 0.25) is 5.91 Å². The van der Waals surface area contributed by atoms with E-state index in [9.17, 15) is 9.59 Å². The van der Waals surface area contributed by atoms with E-state index in [0.29, 0.717) is 5.69 Å². The van der Waals surface area contributed by atoms with Crippen LogP contribution in [-0.4, -0.2) is 17.0 Å². The van der Waals surface area contributed by atoms with Crippen LogP contribution in [0.1, 0.15) is 20.1 Å². The van der Waals surface area contributed by atoms with Gasteiger partial charge in [-0.15, -0.1) is 11.3 Å². The number of rotatable bonds is 4. The third-order valence-corrected chi connectivity index (χ3v) is 3.91. The Morgan fingerprint density at radius 1 is 1.29 bits per heavy atom. The third-order valence-electron chi connectivity index (χ3n) is 2.63. The van der Waals surface area contributed by atoms with Crippen molar-refractivity contribution in [1.82, 2.24) is 0 Å². The predicted molar refractivity (Wildman–Crippen MR) is 85.1 cm³/mol. The molecule has 2 rings (SSSR count). The van der Waals surface area contributed by atoms with Gasteiger partial charge in [0.15, 0.2) is 0 Å². The maximum absolute atomic E-state index is 11.8. The molecule has 0 saturated carbocycles. The Labute approximate surface area is 130 Å². The van der Waals surface area contributed by atoms with Gasteiger partial charge in [0.05, 0.1) is 10.6 Å². The SMILES string of the molecule is Cc1ccc(C=CC(=O)Nc2ccc(C(=O)O)c(Cl)c2)s1. The molecule has 0 fully saturated rings. The first kappa shape index (κ1) is 15.3. The Kier molecular flexibility index (Phi) is 4.77. The van der Waals surface area contributed by atoms with Crippen molar-refractivity contribution in [2.24, 2.45) is 0 Å². The molecule has 0 spiro atoms. The largest absolute Gasteiger partial charge is 0.478 e. The van der Waals surface area contributed by atoms with Gasteiger partial charge in [-0.2, -0.15) is 0 Å². The van der Waals surface area contributed by atoms with Crippen molar-refractivity contribution in [2.45, 2.75) is 6.92 Å². The van der Waals surface area contributed by atoms with Crippen molar-refractivity contribution in [3.05, 3.63) is 56.7 Å². The van der Waals surface area contributed by atoms with Crippen LogP contribution < -0.4 is 5.32 Å². The van der Waals surface area contributed by atoms with Gasteiger partial charge in [-0.3, -0.25) is 4.79 Å². The molecule has 4 nitrogen and oxygen atoms in total. The number of carboxylic acid groups (broad SMARTS) is 1. The molecule has 2 N–H and O–H groups in total. The highest BCUT2D eigenvalue weighted by Crippen LogP contribution is 2.21. The molecule has 21 heavy (non-hydrogen) atoms. The molecule has 1 aromatic heterocycles. The molecule has 108 valence electrons. The van der Waals surface area contributed by atoms with Crippen LogP contribution in [0.5, 0.6) is 0 Å². The zero-order valence-electron chi connectivity index (χ0n) is 11.1. The maximum Gasteiger partial charge on any atom is 0.337 e. The van der Waals surface area contributed by atoms with Crippen molar-refractivity contribution in [2.75, 3.05) is 5.32 Å². The van der Waals surface area contributed by atoms with Gasteiger partial charge < -0.3 is 10.4 Å². The second-order valence-corrected chi connectivity index (χ2v) is 6.00. The molecular weight excluding hydrogens is 310 g/mol. The van der Waals surface area contributed by atoms with Crippen LogP contribution in [0, 0.1) is 6.92 Å². The zero-order valence-corrected chi connectivity index (χ0v) is 12.7. The lowest BCUT2D eigenvalue weighted by Gasteiger charge is -2.04. The minimum absolute atomic E-state index is 0.000677. The Morgan fingerprint density at radius 3 is 2.62 bits per heavy atom. The fourth-order valence-corrected chi connectivity index (χ4v) is 2.69. The molecule has 0 radical (unpaired) electrons. The van der Waals surface area contributed by atoms with Gasteiger partial charge in [0.25, 0.3) is 0 Å². The normalized spacial score (nSPS) is 10.8. The summed E-state index contributed by atoms with van der Waals surface area (Å²) in [5.41, 5.74) is 0.446. The van der Waals surface area contributed by atoms with E-state index in [0.717, 1.165) is 4.88 Å². The molecule has 0 aliphatic rings. The predicted octanol–water partition coefficient (Wildman–Crippen LogP) is 4.06. The summed E-state index contributed by atoms with van der Waals surface area (Å²) in [5, 5.41) is 11.6. The molecular formula is C15H12ClNO3S. The molecule has 1 amide bonds. The second kappa shape index (κ2) is 6.56. The first-order chi connectivity index (χ1) is 9.95. The molecule has 6 heteroatoms. The lowest BCUT2D eigenvalue weighted by molar-refractivity contribution is -0.111. The number of hydrogen-bond donors (Lipinski definition) is 2. The molecule has 0 saturated heterocycles. The zero-order chi connectivity index (χ0) is 15.4. The van der Waals surface area contributed by atoms with Crippen molar-refractivity contribution < 1.29 is 14.7 Å².